The minimum absolute atomic E-state index is 0.0557. The summed E-state index contributed by atoms with van der Waals surface area (Å²) in [4.78, 5) is 0. The van der Waals surface area contributed by atoms with E-state index in [9.17, 15) is 5.11 Å². The summed E-state index contributed by atoms with van der Waals surface area (Å²) in [6.45, 7) is 0.0557. The maximum atomic E-state index is 10.5. The van der Waals surface area contributed by atoms with Crippen LogP contribution in [0.2, 0.25) is 0 Å². The van der Waals surface area contributed by atoms with Gasteiger partial charge in [-0.25, -0.2) is 5.11 Å². The van der Waals surface area contributed by atoms with Crippen LogP contribution in [0, 0.1) is 0 Å². The summed E-state index contributed by atoms with van der Waals surface area (Å²) >= 11 is 0. The van der Waals surface area contributed by atoms with Gasteiger partial charge < -0.3 is 0 Å². The zero-order valence-electron chi connectivity index (χ0n) is 11.6. The van der Waals surface area contributed by atoms with Crippen LogP contribution >= 0.6 is 0 Å². The summed E-state index contributed by atoms with van der Waals surface area (Å²) in [5.41, 5.74) is 1.40. The lowest BCUT2D eigenvalue weighted by molar-refractivity contribution is 0.186. The number of hydrogen-bond donors (Lipinski definition) is 0. The lowest BCUT2D eigenvalue weighted by Gasteiger charge is -2.08. The number of fused-ring (bicyclic) bond motifs is 2. The number of aryl methyl sites for hydroxylation is 1. The van der Waals surface area contributed by atoms with Gasteiger partial charge in [-0.15, -0.1) is 0 Å². The molecular weight excluding hydrogens is 244 g/mol. The SMILES string of the molecule is [O]CCCCCc1cccc2cc3ccccc3cc12. The van der Waals surface area contributed by atoms with Crippen molar-refractivity contribution in [2.45, 2.75) is 25.7 Å². The van der Waals surface area contributed by atoms with Gasteiger partial charge in [-0.05, 0) is 58.5 Å². The Bertz CT molecular complexity index is 715. The highest BCUT2D eigenvalue weighted by molar-refractivity contribution is 5.99. The molecule has 0 fully saturated rings. The molecule has 1 radical (unpaired) electrons. The molecule has 0 saturated carbocycles. The second-order valence-corrected chi connectivity index (χ2v) is 5.35. The van der Waals surface area contributed by atoms with Crippen molar-refractivity contribution < 1.29 is 5.11 Å². The third kappa shape index (κ3) is 2.68. The number of unbranched alkanes of at least 4 members (excludes halogenated alkanes) is 2. The second-order valence-electron chi connectivity index (χ2n) is 5.35. The molecule has 0 atom stereocenters. The van der Waals surface area contributed by atoms with Gasteiger partial charge in [-0.1, -0.05) is 48.9 Å². The fraction of sp³-hybridized carbons (Fsp3) is 0.263. The quantitative estimate of drug-likeness (QED) is 0.449. The first-order chi connectivity index (χ1) is 9.88. The van der Waals surface area contributed by atoms with E-state index in [0.29, 0.717) is 0 Å². The van der Waals surface area contributed by atoms with Crippen molar-refractivity contribution in [3.05, 3.63) is 60.2 Å². The normalized spacial score (nSPS) is 11.2. The summed E-state index contributed by atoms with van der Waals surface area (Å²) in [7, 11) is 0. The third-order valence-electron chi connectivity index (χ3n) is 3.93. The summed E-state index contributed by atoms with van der Waals surface area (Å²) < 4.78 is 0. The maximum absolute atomic E-state index is 10.5. The monoisotopic (exact) mass is 263 g/mol. The Balaban J connectivity index is 1.97. The molecule has 1 nitrogen and oxygen atoms in total. The number of benzene rings is 3. The maximum Gasteiger partial charge on any atom is 0.0822 e. The minimum Gasteiger partial charge on any atom is -0.237 e. The van der Waals surface area contributed by atoms with E-state index in [0.717, 1.165) is 25.7 Å². The van der Waals surface area contributed by atoms with E-state index in [2.05, 4.69) is 54.6 Å². The van der Waals surface area contributed by atoms with Crippen molar-refractivity contribution in [3.63, 3.8) is 0 Å². The lowest BCUT2D eigenvalue weighted by atomic mass is 9.97. The van der Waals surface area contributed by atoms with Gasteiger partial charge in [-0.3, -0.25) is 0 Å². The standard InChI is InChI=1S/C19H19O/c20-12-5-1-2-7-15-10-6-11-18-13-16-8-3-4-9-17(16)14-19(15)18/h3-4,6,8-11,13-14H,1-2,5,7,12H2. The van der Waals surface area contributed by atoms with E-state index in [4.69, 9.17) is 0 Å². The molecule has 3 aromatic rings. The smallest absolute Gasteiger partial charge is 0.0822 e. The van der Waals surface area contributed by atoms with Gasteiger partial charge in [0.1, 0.15) is 0 Å². The van der Waals surface area contributed by atoms with Crippen molar-refractivity contribution >= 4 is 21.5 Å². The third-order valence-corrected chi connectivity index (χ3v) is 3.93. The molecule has 0 unspecified atom stereocenters. The van der Waals surface area contributed by atoms with Crippen LogP contribution in [0.3, 0.4) is 0 Å². The van der Waals surface area contributed by atoms with Gasteiger partial charge >= 0.3 is 0 Å². The van der Waals surface area contributed by atoms with Crippen LogP contribution in [0.5, 0.6) is 0 Å². The van der Waals surface area contributed by atoms with Gasteiger partial charge in [-0.2, -0.15) is 0 Å². The largest absolute Gasteiger partial charge is 0.237 e. The zero-order valence-corrected chi connectivity index (χ0v) is 11.6. The molecule has 3 aromatic carbocycles. The molecule has 3 rings (SSSR count). The Kier molecular flexibility index (Phi) is 3.98. The summed E-state index contributed by atoms with van der Waals surface area (Å²) in [5.74, 6) is 0. The van der Waals surface area contributed by atoms with E-state index in [1.165, 1.54) is 27.1 Å². The van der Waals surface area contributed by atoms with Gasteiger partial charge in [0, 0.05) is 0 Å². The van der Waals surface area contributed by atoms with Crippen LogP contribution in [0.1, 0.15) is 24.8 Å². The highest BCUT2D eigenvalue weighted by atomic mass is 16.2. The molecule has 0 aliphatic carbocycles. The van der Waals surface area contributed by atoms with Crippen LogP contribution in [0.25, 0.3) is 21.5 Å². The molecule has 0 heterocycles. The molecule has 0 bridgehead atoms. The first-order valence-electron chi connectivity index (χ1n) is 7.37. The minimum atomic E-state index is 0.0557. The zero-order chi connectivity index (χ0) is 13.8. The summed E-state index contributed by atoms with van der Waals surface area (Å²) in [5, 5.41) is 15.8. The van der Waals surface area contributed by atoms with Crippen molar-refractivity contribution in [1.82, 2.24) is 0 Å². The second kappa shape index (κ2) is 6.06. The average Bonchev–Trinajstić information content (AvgIpc) is 2.50. The van der Waals surface area contributed by atoms with Crippen LogP contribution in [0.15, 0.2) is 54.6 Å². The van der Waals surface area contributed by atoms with Crippen molar-refractivity contribution in [3.8, 4) is 0 Å². The van der Waals surface area contributed by atoms with Gasteiger partial charge in [0.05, 0.1) is 6.61 Å². The summed E-state index contributed by atoms with van der Waals surface area (Å²) in [6, 6.07) is 19.6. The number of rotatable bonds is 5. The van der Waals surface area contributed by atoms with Crippen LogP contribution in [-0.4, -0.2) is 6.61 Å². The van der Waals surface area contributed by atoms with Gasteiger partial charge in [0.25, 0.3) is 0 Å². The molecular formula is C19H19O. The van der Waals surface area contributed by atoms with Crippen LogP contribution in [0.4, 0.5) is 0 Å². The molecule has 0 aliphatic heterocycles. The predicted molar refractivity (Wildman–Crippen MR) is 84.6 cm³/mol. The molecule has 0 amide bonds. The first-order valence-corrected chi connectivity index (χ1v) is 7.37. The fourth-order valence-corrected chi connectivity index (χ4v) is 2.84. The van der Waals surface area contributed by atoms with E-state index < -0.39 is 0 Å². The average molecular weight is 263 g/mol. The predicted octanol–water partition coefficient (Wildman–Crippen LogP) is 5.14. The van der Waals surface area contributed by atoms with E-state index in [-0.39, 0.29) is 6.61 Å². The Labute approximate surface area is 119 Å². The molecule has 0 N–H and O–H groups in total. The fourth-order valence-electron chi connectivity index (χ4n) is 2.84. The Morgan fingerprint density at radius 3 is 2.25 bits per heavy atom. The molecule has 0 saturated heterocycles. The van der Waals surface area contributed by atoms with Gasteiger partial charge in [0.2, 0.25) is 0 Å². The van der Waals surface area contributed by atoms with E-state index in [1.807, 2.05) is 0 Å². The highest BCUT2D eigenvalue weighted by Crippen LogP contribution is 2.26. The van der Waals surface area contributed by atoms with Crippen LogP contribution in [-0.2, 0) is 11.5 Å². The molecule has 20 heavy (non-hydrogen) atoms. The van der Waals surface area contributed by atoms with Crippen molar-refractivity contribution in [1.29, 1.82) is 0 Å². The topological polar surface area (TPSA) is 19.9 Å². The van der Waals surface area contributed by atoms with Crippen molar-refractivity contribution in [2.75, 3.05) is 6.61 Å². The van der Waals surface area contributed by atoms with Gasteiger partial charge in [0.15, 0.2) is 0 Å². The van der Waals surface area contributed by atoms with E-state index >= 15 is 0 Å². The lowest BCUT2D eigenvalue weighted by Crippen LogP contribution is -1.89. The Morgan fingerprint density at radius 2 is 1.45 bits per heavy atom. The molecule has 0 aliphatic rings. The van der Waals surface area contributed by atoms with Crippen molar-refractivity contribution in [2.24, 2.45) is 0 Å². The van der Waals surface area contributed by atoms with Crippen LogP contribution < -0.4 is 0 Å². The first kappa shape index (κ1) is 13.1. The highest BCUT2D eigenvalue weighted by Gasteiger charge is 2.03. The summed E-state index contributed by atoms with van der Waals surface area (Å²) in [6.07, 6.45) is 4.00. The molecule has 0 aromatic heterocycles. The van der Waals surface area contributed by atoms with E-state index in [1.54, 1.807) is 0 Å². The Morgan fingerprint density at radius 1 is 0.700 bits per heavy atom. The Hall–Kier alpha value is -1.86. The molecule has 1 heteroatoms. The number of hydrogen-bond acceptors (Lipinski definition) is 0. The molecule has 0 spiro atoms. The molecule has 101 valence electrons.